The smallest absolute Gasteiger partial charge is 0.0948 e. The van der Waals surface area contributed by atoms with Crippen LogP contribution < -0.4 is 5.32 Å². The Bertz CT molecular complexity index is 540. The topological polar surface area (TPSA) is 24.9 Å². The van der Waals surface area contributed by atoms with Crippen LogP contribution in [-0.4, -0.2) is 11.5 Å². The highest BCUT2D eigenvalue weighted by atomic mass is 79.9. The Balaban J connectivity index is 2.46. The highest BCUT2D eigenvalue weighted by Gasteiger charge is 2.04. The summed E-state index contributed by atoms with van der Waals surface area (Å²) in [5.41, 5.74) is 1.84. The first kappa shape index (κ1) is 11.4. The maximum absolute atomic E-state index is 6.10. The standard InChI is InChI=1S/C12H10BrClN2/c1-8(13)7-16-11-5-4-10(14)9-3-2-6-15-12(9)11/h2-6,16H,1,7H2. The summed E-state index contributed by atoms with van der Waals surface area (Å²) in [4.78, 5) is 4.33. The number of hydrogen-bond acceptors (Lipinski definition) is 2. The number of fused-ring (bicyclic) bond motifs is 1. The molecule has 2 aromatic rings. The number of aromatic nitrogens is 1. The van der Waals surface area contributed by atoms with Crippen LogP contribution in [0.2, 0.25) is 5.02 Å². The molecule has 0 amide bonds. The zero-order valence-corrected chi connectivity index (χ0v) is 10.8. The van der Waals surface area contributed by atoms with E-state index in [9.17, 15) is 0 Å². The van der Waals surface area contributed by atoms with Gasteiger partial charge >= 0.3 is 0 Å². The molecule has 0 spiro atoms. The molecule has 0 saturated carbocycles. The first-order chi connectivity index (χ1) is 7.68. The lowest BCUT2D eigenvalue weighted by molar-refractivity contribution is 1.32. The third-order valence-electron chi connectivity index (χ3n) is 2.19. The summed E-state index contributed by atoms with van der Waals surface area (Å²) < 4.78 is 0.895. The van der Waals surface area contributed by atoms with Crippen LogP contribution in [0.3, 0.4) is 0 Å². The van der Waals surface area contributed by atoms with E-state index in [4.69, 9.17) is 11.6 Å². The van der Waals surface area contributed by atoms with Crippen LogP contribution in [0.5, 0.6) is 0 Å². The first-order valence-electron chi connectivity index (χ1n) is 4.79. The molecule has 1 N–H and O–H groups in total. The summed E-state index contributed by atoms with van der Waals surface area (Å²) >= 11 is 9.40. The van der Waals surface area contributed by atoms with Gasteiger partial charge in [-0.25, -0.2) is 0 Å². The zero-order chi connectivity index (χ0) is 11.5. The highest BCUT2D eigenvalue weighted by molar-refractivity contribution is 9.11. The average Bonchev–Trinajstić information content (AvgIpc) is 2.28. The van der Waals surface area contributed by atoms with E-state index in [1.165, 1.54) is 0 Å². The van der Waals surface area contributed by atoms with Crippen molar-refractivity contribution in [2.75, 3.05) is 11.9 Å². The summed E-state index contributed by atoms with van der Waals surface area (Å²) in [5, 5.41) is 4.91. The third kappa shape index (κ3) is 2.36. The monoisotopic (exact) mass is 296 g/mol. The fourth-order valence-corrected chi connectivity index (χ4v) is 1.83. The van der Waals surface area contributed by atoms with Crippen LogP contribution >= 0.6 is 27.5 Å². The fourth-order valence-electron chi connectivity index (χ4n) is 1.47. The fraction of sp³-hybridized carbons (Fsp3) is 0.0833. The van der Waals surface area contributed by atoms with Crippen molar-refractivity contribution in [3.05, 3.63) is 46.5 Å². The molecule has 1 aromatic heterocycles. The molecule has 0 radical (unpaired) electrons. The van der Waals surface area contributed by atoms with Crippen LogP contribution in [0.25, 0.3) is 10.9 Å². The second kappa shape index (κ2) is 4.85. The summed E-state index contributed by atoms with van der Waals surface area (Å²) in [6.07, 6.45) is 1.76. The van der Waals surface area contributed by atoms with Gasteiger partial charge in [0.25, 0.3) is 0 Å². The molecule has 1 heterocycles. The number of hydrogen-bond donors (Lipinski definition) is 1. The Morgan fingerprint density at radius 2 is 2.25 bits per heavy atom. The maximum Gasteiger partial charge on any atom is 0.0948 e. The van der Waals surface area contributed by atoms with Gasteiger partial charge in [-0.2, -0.15) is 0 Å². The van der Waals surface area contributed by atoms with E-state index >= 15 is 0 Å². The Morgan fingerprint density at radius 1 is 1.44 bits per heavy atom. The number of anilines is 1. The minimum Gasteiger partial charge on any atom is -0.379 e. The Hall–Kier alpha value is -1.06. The average molecular weight is 298 g/mol. The molecular formula is C12H10BrClN2. The summed E-state index contributed by atoms with van der Waals surface area (Å²) in [7, 11) is 0. The number of benzene rings is 1. The van der Waals surface area contributed by atoms with Gasteiger partial charge in [0.05, 0.1) is 16.2 Å². The minimum atomic E-state index is 0.660. The molecule has 4 heteroatoms. The van der Waals surface area contributed by atoms with Crippen LogP contribution in [0.4, 0.5) is 5.69 Å². The zero-order valence-electron chi connectivity index (χ0n) is 8.50. The number of halogens is 2. The van der Waals surface area contributed by atoms with Gasteiger partial charge in [0.2, 0.25) is 0 Å². The quantitative estimate of drug-likeness (QED) is 0.918. The molecule has 0 saturated heterocycles. The SMILES string of the molecule is C=C(Br)CNc1ccc(Cl)c2cccnc12. The number of nitrogens with one attached hydrogen (secondary N) is 1. The normalized spacial score (nSPS) is 10.4. The van der Waals surface area contributed by atoms with Gasteiger partial charge in [-0.15, -0.1) is 0 Å². The van der Waals surface area contributed by atoms with Crippen molar-refractivity contribution in [3.63, 3.8) is 0 Å². The van der Waals surface area contributed by atoms with E-state index in [2.05, 4.69) is 32.8 Å². The largest absolute Gasteiger partial charge is 0.379 e. The summed E-state index contributed by atoms with van der Waals surface area (Å²) in [5.74, 6) is 0. The molecule has 0 fully saturated rings. The van der Waals surface area contributed by atoms with E-state index < -0.39 is 0 Å². The number of pyridine rings is 1. The number of rotatable bonds is 3. The van der Waals surface area contributed by atoms with E-state index in [1.54, 1.807) is 6.20 Å². The van der Waals surface area contributed by atoms with Gasteiger partial charge in [0, 0.05) is 22.6 Å². The highest BCUT2D eigenvalue weighted by Crippen LogP contribution is 2.28. The molecule has 0 aliphatic rings. The number of nitrogens with zero attached hydrogens (tertiary/aromatic N) is 1. The molecule has 2 rings (SSSR count). The second-order valence-electron chi connectivity index (χ2n) is 3.37. The van der Waals surface area contributed by atoms with E-state index in [0.29, 0.717) is 11.6 Å². The summed E-state index contributed by atoms with van der Waals surface area (Å²) in [6.45, 7) is 4.44. The van der Waals surface area contributed by atoms with Gasteiger partial charge in [-0.3, -0.25) is 4.98 Å². The van der Waals surface area contributed by atoms with Crippen LogP contribution in [0, 0.1) is 0 Å². The van der Waals surface area contributed by atoms with Crippen molar-refractivity contribution >= 4 is 44.1 Å². The van der Waals surface area contributed by atoms with Gasteiger partial charge < -0.3 is 5.32 Å². The van der Waals surface area contributed by atoms with Gasteiger partial charge in [-0.05, 0) is 24.3 Å². The lowest BCUT2D eigenvalue weighted by Crippen LogP contribution is -2.01. The lowest BCUT2D eigenvalue weighted by atomic mass is 10.2. The van der Waals surface area contributed by atoms with Gasteiger partial charge in [-0.1, -0.05) is 34.1 Å². The molecule has 2 nitrogen and oxygen atoms in total. The third-order valence-corrected chi connectivity index (χ3v) is 2.80. The van der Waals surface area contributed by atoms with Crippen molar-refractivity contribution in [1.82, 2.24) is 4.98 Å². The van der Waals surface area contributed by atoms with Crippen LogP contribution in [0.1, 0.15) is 0 Å². The Labute approximate surface area is 107 Å². The molecule has 16 heavy (non-hydrogen) atoms. The predicted molar refractivity (Wildman–Crippen MR) is 73.3 cm³/mol. The predicted octanol–water partition coefficient (Wildman–Crippen LogP) is 4.21. The summed E-state index contributed by atoms with van der Waals surface area (Å²) in [6, 6.07) is 7.62. The van der Waals surface area contributed by atoms with Crippen molar-refractivity contribution in [2.45, 2.75) is 0 Å². The Kier molecular flexibility index (Phi) is 3.46. The van der Waals surface area contributed by atoms with Crippen molar-refractivity contribution in [2.24, 2.45) is 0 Å². The molecule has 0 aliphatic heterocycles. The Morgan fingerprint density at radius 3 is 3.00 bits per heavy atom. The van der Waals surface area contributed by atoms with Crippen molar-refractivity contribution in [1.29, 1.82) is 0 Å². The van der Waals surface area contributed by atoms with Crippen LogP contribution in [0.15, 0.2) is 41.5 Å². The van der Waals surface area contributed by atoms with E-state index in [0.717, 1.165) is 21.1 Å². The van der Waals surface area contributed by atoms with E-state index in [-0.39, 0.29) is 0 Å². The molecular weight excluding hydrogens is 288 g/mol. The molecule has 0 aliphatic carbocycles. The molecule has 1 aromatic carbocycles. The lowest BCUT2D eigenvalue weighted by Gasteiger charge is -2.09. The maximum atomic E-state index is 6.10. The van der Waals surface area contributed by atoms with Crippen molar-refractivity contribution in [3.8, 4) is 0 Å². The minimum absolute atomic E-state index is 0.660. The molecule has 0 unspecified atom stereocenters. The molecule has 0 bridgehead atoms. The van der Waals surface area contributed by atoms with Crippen LogP contribution in [-0.2, 0) is 0 Å². The molecule has 82 valence electrons. The van der Waals surface area contributed by atoms with Crippen molar-refractivity contribution < 1.29 is 0 Å². The molecule has 0 atom stereocenters. The van der Waals surface area contributed by atoms with Gasteiger partial charge in [0.1, 0.15) is 0 Å². The second-order valence-corrected chi connectivity index (χ2v) is 4.89. The van der Waals surface area contributed by atoms with Gasteiger partial charge in [0.15, 0.2) is 0 Å². The van der Waals surface area contributed by atoms with E-state index in [1.807, 2.05) is 24.3 Å². The first-order valence-corrected chi connectivity index (χ1v) is 5.96.